The Balaban J connectivity index is 0.000000774. The van der Waals surface area contributed by atoms with Crippen LogP contribution in [0.2, 0.25) is 0 Å². The molecule has 0 aliphatic rings. The zero-order valence-electron chi connectivity index (χ0n) is 11.5. The Labute approximate surface area is 134 Å². The maximum absolute atomic E-state index is 8.19. The number of hydrogen-bond acceptors (Lipinski definition) is 2. The minimum atomic E-state index is 1.06. The number of nitrogens with zero attached hydrogens (tertiary/aromatic N) is 1. The first-order valence-corrected chi connectivity index (χ1v) is 7.16. The number of para-hydroxylation sites is 3. The molecule has 3 aromatic carbocycles. The average Bonchev–Trinajstić information content (AvgIpc) is 2.60. The van der Waals surface area contributed by atoms with Crippen LogP contribution in [0.25, 0.3) is 0 Å². The van der Waals surface area contributed by atoms with E-state index in [2.05, 4.69) is 77.7 Å². The number of rotatable bonds is 3. The molecule has 103 valence electrons. The summed E-state index contributed by atoms with van der Waals surface area (Å²) in [6, 6.07) is 31.3. The second-order valence-electron chi connectivity index (χ2n) is 4.34. The van der Waals surface area contributed by atoms with Crippen molar-refractivity contribution < 1.29 is 21.0 Å². The van der Waals surface area contributed by atoms with Gasteiger partial charge in [0.15, 0.2) is 0 Å². The SMILES string of the molecule is [O]=[V].c1ccc(N(c2ccccc2)c2ccccc2)cc1. The summed E-state index contributed by atoms with van der Waals surface area (Å²) in [6.45, 7) is 0. The van der Waals surface area contributed by atoms with Gasteiger partial charge in [0.25, 0.3) is 0 Å². The minimum Gasteiger partial charge on any atom is -0.311 e. The van der Waals surface area contributed by atoms with E-state index >= 15 is 0 Å². The van der Waals surface area contributed by atoms with E-state index in [1.807, 2.05) is 18.2 Å². The van der Waals surface area contributed by atoms with Gasteiger partial charge in [0.05, 0.1) is 0 Å². The largest absolute Gasteiger partial charge is 0.311 e. The molecule has 21 heavy (non-hydrogen) atoms. The van der Waals surface area contributed by atoms with Crippen molar-refractivity contribution >= 4 is 17.1 Å². The molecular formula is C18H15NOV. The van der Waals surface area contributed by atoms with Gasteiger partial charge in [0, 0.05) is 17.1 Å². The summed E-state index contributed by atoms with van der Waals surface area (Å²) in [5, 5.41) is 0. The van der Waals surface area contributed by atoms with Crippen LogP contribution in [0.15, 0.2) is 91.0 Å². The van der Waals surface area contributed by atoms with Crippen molar-refractivity contribution in [2.75, 3.05) is 4.90 Å². The van der Waals surface area contributed by atoms with Crippen LogP contribution in [0.3, 0.4) is 0 Å². The first-order chi connectivity index (χ1) is 10.4. The van der Waals surface area contributed by atoms with Crippen molar-refractivity contribution in [1.29, 1.82) is 0 Å². The molecule has 0 aliphatic heterocycles. The molecule has 0 aliphatic carbocycles. The van der Waals surface area contributed by atoms with Crippen LogP contribution < -0.4 is 4.90 Å². The van der Waals surface area contributed by atoms with E-state index in [-0.39, 0.29) is 0 Å². The van der Waals surface area contributed by atoms with Gasteiger partial charge in [0.1, 0.15) is 0 Å². The number of anilines is 3. The molecule has 3 rings (SSSR count). The first-order valence-electron chi connectivity index (χ1n) is 6.59. The first kappa shape index (κ1) is 15.2. The van der Waals surface area contributed by atoms with Crippen molar-refractivity contribution in [1.82, 2.24) is 0 Å². The third kappa shape index (κ3) is 3.91. The fourth-order valence-corrected chi connectivity index (χ4v) is 2.18. The number of benzene rings is 3. The molecule has 0 radical (unpaired) electrons. The molecule has 0 heterocycles. The predicted molar refractivity (Wildman–Crippen MR) is 81.8 cm³/mol. The molecule has 3 heteroatoms. The van der Waals surface area contributed by atoms with Crippen LogP contribution in [-0.4, -0.2) is 0 Å². The topological polar surface area (TPSA) is 20.3 Å². The Morgan fingerprint density at radius 3 is 0.952 bits per heavy atom. The molecule has 0 N–H and O–H groups in total. The van der Waals surface area contributed by atoms with Crippen LogP contribution in [0.5, 0.6) is 0 Å². The predicted octanol–water partition coefficient (Wildman–Crippen LogP) is 5.04. The summed E-state index contributed by atoms with van der Waals surface area (Å²) >= 11 is 1.06. The molecule has 0 spiro atoms. The zero-order chi connectivity index (χ0) is 14.9. The Morgan fingerprint density at radius 2 is 0.714 bits per heavy atom. The van der Waals surface area contributed by atoms with Gasteiger partial charge < -0.3 is 4.90 Å². The van der Waals surface area contributed by atoms with E-state index in [1.54, 1.807) is 0 Å². The van der Waals surface area contributed by atoms with Gasteiger partial charge in [-0.25, -0.2) is 0 Å². The monoisotopic (exact) mass is 312 g/mol. The Hall–Kier alpha value is -2.16. The molecular weight excluding hydrogens is 297 g/mol. The summed E-state index contributed by atoms with van der Waals surface area (Å²) in [7, 11) is 0. The standard InChI is InChI=1S/C18H15N.O.V/c1-4-10-16(11-5-1)19(17-12-6-2-7-13-17)18-14-8-3-9-15-18;;/h1-15H;;. The molecule has 3 aromatic rings. The van der Waals surface area contributed by atoms with Gasteiger partial charge in [-0.2, -0.15) is 0 Å². The maximum Gasteiger partial charge on any atom is 0.0461 e. The Morgan fingerprint density at radius 1 is 0.476 bits per heavy atom. The van der Waals surface area contributed by atoms with Gasteiger partial charge in [-0.1, -0.05) is 54.6 Å². The normalized spacial score (nSPS) is 9.29. The minimum absolute atomic E-state index is 1.06. The van der Waals surface area contributed by atoms with E-state index in [0.717, 1.165) is 17.4 Å². The smallest absolute Gasteiger partial charge is 0.0461 e. The summed E-state index contributed by atoms with van der Waals surface area (Å²) in [6.07, 6.45) is 0. The third-order valence-corrected chi connectivity index (χ3v) is 3.04. The van der Waals surface area contributed by atoms with Crippen LogP contribution in [-0.2, 0) is 21.0 Å². The second kappa shape index (κ2) is 8.20. The fourth-order valence-electron chi connectivity index (χ4n) is 2.18. The molecule has 0 bridgehead atoms. The summed E-state index contributed by atoms with van der Waals surface area (Å²) in [5.41, 5.74) is 3.50. The van der Waals surface area contributed by atoms with E-state index in [1.165, 1.54) is 17.1 Å². The average molecular weight is 312 g/mol. The van der Waals surface area contributed by atoms with Crippen LogP contribution in [0.4, 0.5) is 17.1 Å². The van der Waals surface area contributed by atoms with Gasteiger partial charge in [0.2, 0.25) is 0 Å². The molecule has 2 nitrogen and oxygen atoms in total. The molecule has 0 saturated carbocycles. The Kier molecular flexibility index (Phi) is 5.95. The van der Waals surface area contributed by atoms with Crippen LogP contribution >= 0.6 is 0 Å². The quantitative estimate of drug-likeness (QED) is 0.675. The maximum atomic E-state index is 8.19. The Bertz CT molecular complexity index is 550. The van der Waals surface area contributed by atoms with Crippen molar-refractivity contribution in [2.45, 2.75) is 0 Å². The van der Waals surface area contributed by atoms with Crippen LogP contribution in [0, 0.1) is 0 Å². The van der Waals surface area contributed by atoms with Gasteiger partial charge in [-0.3, -0.25) is 0 Å². The molecule has 0 amide bonds. The second-order valence-corrected chi connectivity index (χ2v) is 4.34. The molecule has 0 atom stereocenters. The van der Waals surface area contributed by atoms with Crippen LogP contribution in [0.1, 0.15) is 0 Å². The summed E-state index contributed by atoms with van der Waals surface area (Å²) in [4.78, 5) is 2.25. The van der Waals surface area contributed by atoms with Gasteiger partial charge >= 0.3 is 21.0 Å². The van der Waals surface area contributed by atoms with Gasteiger partial charge in [-0.15, -0.1) is 0 Å². The van der Waals surface area contributed by atoms with Crippen molar-refractivity contribution in [3.63, 3.8) is 0 Å². The number of hydrogen-bond donors (Lipinski definition) is 0. The van der Waals surface area contributed by atoms with E-state index in [9.17, 15) is 0 Å². The van der Waals surface area contributed by atoms with Crippen molar-refractivity contribution in [3.05, 3.63) is 91.0 Å². The third-order valence-electron chi connectivity index (χ3n) is 3.04. The summed E-state index contributed by atoms with van der Waals surface area (Å²) in [5.74, 6) is 0. The van der Waals surface area contributed by atoms with E-state index in [4.69, 9.17) is 3.67 Å². The zero-order valence-corrected chi connectivity index (χ0v) is 12.9. The van der Waals surface area contributed by atoms with E-state index < -0.39 is 0 Å². The van der Waals surface area contributed by atoms with Crippen molar-refractivity contribution in [3.8, 4) is 0 Å². The molecule has 0 fully saturated rings. The van der Waals surface area contributed by atoms with Gasteiger partial charge in [-0.05, 0) is 36.4 Å². The van der Waals surface area contributed by atoms with Crippen molar-refractivity contribution in [2.24, 2.45) is 0 Å². The summed E-state index contributed by atoms with van der Waals surface area (Å²) < 4.78 is 8.19. The van der Waals surface area contributed by atoms with E-state index in [0.29, 0.717) is 0 Å². The molecule has 0 saturated heterocycles. The molecule has 0 aromatic heterocycles. The molecule has 0 unspecified atom stereocenters. The fraction of sp³-hybridized carbons (Fsp3) is 0.